The van der Waals surface area contributed by atoms with E-state index >= 15 is 0 Å². The highest BCUT2D eigenvalue weighted by molar-refractivity contribution is 6.05. The van der Waals surface area contributed by atoms with Gasteiger partial charge >= 0.3 is 6.18 Å². The molecule has 0 bridgehead atoms. The van der Waals surface area contributed by atoms with E-state index in [0.717, 1.165) is 28.7 Å². The second-order valence-electron chi connectivity index (χ2n) is 9.13. The summed E-state index contributed by atoms with van der Waals surface area (Å²) in [6.45, 7) is 3.38. The molecule has 1 aliphatic rings. The van der Waals surface area contributed by atoms with Crippen molar-refractivity contribution < 1.29 is 37.1 Å². The van der Waals surface area contributed by atoms with Gasteiger partial charge in [0.05, 0.1) is 5.56 Å². The van der Waals surface area contributed by atoms with Gasteiger partial charge in [-0.15, -0.1) is 0 Å². The molecule has 0 saturated carbocycles. The highest BCUT2D eigenvalue weighted by Gasteiger charge is 2.34. The van der Waals surface area contributed by atoms with Crippen LogP contribution in [0.4, 0.5) is 24.5 Å². The van der Waals surface area contributed by atoms with E-state index in [9.17, 15) is 37.1 Å². The van der Waals surface area contributed by atoms with Gasteiger partial charge in [-0.3, -0.25) is 34.2 Å². The van der Waals surface area contributed by atoms with Gasteiger partial charge < -0.3 is 10.6 Å². The molecule has 1 heterocycles. The van der Waals surface area contributed by atoms with Crippen molar-refractivity contribution in [2.24, 2.45) is 0 Å². The number of nitrogens with one attached hydrogen (secondary N) is 3. The molecule has 0 radical (unpaired) electrons. The van der Waals surface area contributed by atoms with Crippen LogP contribution in [0, 0.1) is 0 Å². The molecule has 2 aromatic rings. The van der Waals surface area contributed by atoms with Crippen LogP contribution in [-0.2, 0) is 30.1 Å². The fraction of sp³-hybridized carbons (Fsp3) is 0.296. The summed E-state index contributed by atoms with van der Waals surface area (Å²) in [5, 5.41) is 7.61. The quantitative estimate of drug-likeness (QED) is 0.250. The van der Waals surface area contributed by atoms with Gasteiger partial charge in [-0.25, -0.2) is 0 Å². The van der Waals surface area contributed by atoms with Gasteiger partial charge in [0, 0.05) is 36.0 Å². The van der Waals surface area contributed by atoms with Gasteiger partial charge in [-0.05, 0) is 55.2 Å². The molecule has 0 aliphatic carbocycles. The molecule has 3 rings (SSSR count). The van der Waals surface area contributed by atoms with Crippen LogP contribution in [0.3, 0.4) is 0 Å². The largest absolute Gasteiger partial charge is 0.416 e. The van der Waals surface area contributed by atoms with Gasteiger partial charge in [0.15, 0.2) is 0 Å². The summed E-state index contributed by atoms with van der Waals surface area (Å²) in [5.74, 6) is -2.67. The third-order valence-electron chi connectivity index (χ3n) is 6.02. The molecule has 1 saturated heterocycles. The van der Waals surface area contributed by atoms with Crippen molar-refractivity contribution in [3.63, 3.8) is 0 Å². The highest BCUT2D eigenvalue weighted by Crippen LogP contribution is 2.31. The first kappa shape index (κ1) is 29.1. The number of piperidine rings is 1. The monoisotopic (exact) mass is 544 g/mol. The van der Waals surface area contributed by atoms with Gasteiger partial charge in [0.1, 0.15) is 6.04 Å². The molecule has 12 heteroatoms. The highest BCUT2D eigenvalue weighted by atomic mass is 19.4. The number of carbonyl (C=O) groups is 5. The van der Waals surface area contributed by atoms with Crippen LogP contribution in [0.15, 0.2) is 60.3 Å². The first-order valence-electron chi connectivity index (χ1n) is 12.0. The first-order valence-corrected chi connectivity index (χ1v) is 12.0. The van der Waals surface area contributed by atoms with E-state index in [2.05, 4.69) is 16.0 Å². The standard InChI is InChI=1S/C27H27F3N4O5/c1-16(11-24(37)32-21-8-4-6-19(14-21)27(28,29)30)18-5-3-7-20(13-18)31-17(2)12-25(38)34(15-35)22-9-10-23(36)33-26(22)39/h3-8,12-16,22,31H,9-11H2,1-2H3,(H,32,37)(H,33,36,39)/b17-12+. The van der Waals surface area contributed by atoms with E-state index in [4.69, 9.17) is 0 Å². The lowest BCUT2D eigenvalue weighted by molar-refractivity contribution is -0.148. The Morgan fingerprint density at radius 3 is 2.41 bits per heavy atom. The zero-order valence-electron chi connectivity index (χ0n) is 21.2. The van der Waals surface area contributed by atoms with Crippen LogP contribution in [0.1, 0.15) is 50.2 Å². The van der Waals surface area contributed by atoms with Gasteiger partial charge in [0.2, 0.25) is 24.1 Å². The molecule has 2 aromatic carbocycles. The topological polar surface area (TPSA) is 125 Å². The van der Waals surface area contributed by atoms with Crippen LogP contribution in [-0.4, -0.2) is 41.0 Å². The zero-order chi connectivity index (χ0) is 28.7. The number of amides is 5. The summed E-state index contributed by atoms with van der Waals surface area (Å²) in [6.07, 6.45) is -3.06. The van der Waals surface area contributed by atoms with Crippen LogP contribution < -0.4 is 16.0 Å². The average molecular weight is 545 g/mol. The number of hydrogen-bond donors (Lipinski definition) is 3. The molecular weight excluding hydrogens is 517 g/mol. The zero-order valence-corrected chi connectivity index (χ0v) is 21.2. The molecule has 3 N–H and O–H groups in total. The van der Waals surface area contributed by atoms with Crippen molar-refractivity contribution in [3.8, 4) is 0 Å². The Hall–Kier alpha value is -4.48. The lowest BCUT2D eigenvalue weighted by atomic mass is 9.97. The average Bonchev–Trinajstić information content (AvgIpc) is 2.85. The number of allylic oxidation sites excluding steroid dienone is 1. The lowest BCUT2D eigenvalue weighted by Crippen LogP contribution is -2.53. The summed E-state index contributed by atoms with van der Waals surface area (Å²) in [6, 6.07) is 10.3. The second kappa shape index (κ2) is 12.4. The third kappa shape index (κ3) is 8.00. The number of halogens is 3. The van der Waals surface area contributed by atoms with Crippen molar-refractivity contribution in [2.45, 2.75) is 51.2 Å². The fourth-order valence-corrected chi connectivity index (χ4v) is 4.05. The van der Waals surface area contributed by atoms with Crippen LogP contribution in [0.5, 0.6) is 0 Å². The predicted octanol–water partition coefficient (Wildman–Crippen LogP) is 3.94. The summed E-state index contributed by atoms with van der Waals surface area (Å²) < 4.78 is 38.8. The number of alkyl halides is 3. The molecule has 39 heavy (non-hydrogen) atoms. The van der Waals surface area contributed by atoms with Crippen molar-refractivity contribution in [1.29, 1.82) is 0 Å². The number of carbonyl (C=O) groups excluding carboxylic acids is 5. The molecule has 0 aromatic heterocycles. The predicted molar refractivity (Wildman–Crippen MR) is 136 cm³/mol. The third-order valence-corrected chi connectivity index (χ3v) is 6.02. The number of benzene rings is 2. The maximum absolute atomic E-state index is 12.9. The molecule has 1 aliphatic heterocycles. The molecule has 1 fully saturated rings. The molecule has 9 nitrogen and oxygen atoms in total. The molecule has 206 valence electrons. The van der Waals surface area contributed by atoms with Gasteiger partial charge in [0.25, 0.3) is 5.91 Å². The lowest BCUT2D eigenvalue weighted by Gasteiger charge is -2.27. The molecule has 2 unspecified atom stereocenters. The van der Waals surface area contributed by atoms with Crippen molar-refractivity contribution in [1.82, 2.24) is 10.2 Å². The van der Waals surface area contributed by atoms with Crippen molar-refractivity contribution in [3.05, 3.63) is 71.4 Å². The minimum absolute atomic E-state index is 0.00720. The first-order chi connectivity index (χ1) is 18.4. The van der Waals surface area contributed by atoms with Crippen LogP contribution >= 0.6 is 0 Å². The van der Waals surface area contributed by atoms with Crippen molar-refractivity contribution in [2.75, 3.05) is 10.6 Å². The van der Waals surface area contributed by atoms with E-state index in [0.29, 0.717) is 11.4 Å². The Labute approximate surface area is 222 Å². The molecule has 0 spiro atoms. The summed E-state index contributed by atoms with van der Waals surface area (Å²) in [7, 11) is 0. The number of imide groups is 2. The van der Waals surface area contributed by atoms with Gasteiger partial charge in [-0.1, -0.05) is 25.1 Å². The van der Waals surface area contributed by atoms with E-state index in [1.807, 2.05) is 0 Å². The van der Waals surface area contributed by atoms with E-state index < -0.39 is 41.4 Å². The van der Waals surface area contributed by atoms with E-state index in [-0.39, 0.29) is 37.3 Å². The molecule has 2 atom stereocenters. The number of anilines is 2. The maximum atomic E-state index is 12.9. The Kier molecular flexibility index (Phi) is 9.23. The SMILES string of the molecule is C/C(=C\C(=O)N(C=O)C1CCC(=O)NC1=O)Nc1cccc(C(C)CC(=O)Nc2cccc(C(F)(F)F)c2)c1. The fourth-order valence-electron chi connectivity index (χ4n) is 4.05. The van der Waals surface area contributed by atoms with E-state index in [1.54, 1.807) is 38.1 Å². The minimum atomic E-state index is -4.52. The normalized spacial score (nSPS) is 16.6. The van der Waals surface area contributed by atoms with Crippen molar-refractivity contribution >= 4 is 41.4 Å². The Balaban J connectivity index is 1.62. The summed E-state index contributed by atoms with van der Waals surface area (Å²) in [5.41, 5.74) is 0.896. The Bertz CT molecular complexity index is 1310. The van der Waals surface area contributed by atoms with E-state index in [1.165, 1.54) is 12.1 Å². The number of nitrogens with zero attached hydrogens (tertiary/aromatic N) is 1. The summed E-state index contributed by atoms with van der Waals surface area (Å²) >= 11 is 0. The minimum Gasteiger partial charge on any atom is -0.359 e. The Morgan fingerprint density at radius 2 is 1.77 bits per heavy atom. The molecule has 5 amide bonds. The second-order valence-corrected chi connectivity index (χ2v) is 9.13. The maximum Gasteiger partial charge on any atom is 0.416 e. The van der Waals surface area contributed by atoms with Gasteiger partial charge in [-0.2, -0.15) is 13.2 Å². The number of rotatable bonds is 9. The summed E-state index contributed by atoms with van der Waals surface area (Å²) in [4.78, 5) is 60.7. The Morgan fingerprint density at radius 1 is 1.10 bits per heavy atom. The number of hydrogen-bond acceptors (Lipinski definition) is 6. The molecular formula is C27H27F3N4O5. The van der Waals surface area contributed by atoms with Crippen LogP contribution in [0.2, 0.25) is 0 Å². The van der Waals surface area contributed by atoms with Crippen LogP contribution in [0.25, 0.3) is 0 Å². The smallest absolute Gasteiger partial charge is 0.359 e.